The lowest BCUT2D eigenvalue weighted by atomic mass is 10.0. The molecule has 3 heterocycles. The van der Waals surface area contributed by atoms with E-state index in [9.17, 15) is 4.79 Å². The lowest BCUT2D eigenvalue weighted by Gasteiger charge is -2.36. The van der Waals surface area contributed by atoms with Crippen molar-refractivity contribution in [2.24, 2.45) is 5.10 Å². The minimum atomic E-state index is -0.247. The van der Waals surface area contributed by atoms with Gasteiger partial charge in [-0.3, -0.25) is 9.69 Å². The number of halogens is 1. The summed E-state index contributed by atoms with van der Waals surface area (Å²) >= 11 is 6.05. The van der Waals surface area contributed by atoms with E-state index < -0.39 is 0 Å². The van der Waals surface area contributed by atoms with Gasteiger partial charge in [0.2, 0.25) is 0 Å². The minimum absolute atomic E-state index is 0.0314. The second kappa shape index (κ2) is 9.91. The Labute approximate surface area is 204 Å². The third-order valence-electron chi connectivity index (χ3n) is 6.37. The van der Waals surface area contributed by atoms with Crippen LogP contribution >= 0.6 is 11.6 Å². The zero-order chi connectivity index (χ0) is 23.5. The Morgan fingerprint density at radius 1 is 1.06 bits per heavy atom. The molecule has 3 aromatic rings. The lowest BCUT2D eigenvalue weighted by Crippen LogP contribution is -2.49. The van der Waals surface area contributed by atoms with Crippen LogP contribution in [0.4, 0.5) is 5.69 Å². The predicted molar refractivity (Wildman–Crippen MR) is 133 cm³/mol. The van der Waals surface area contributed by atoms with E-state index in [4.69, 9.17) is 25.9 Å². The Morgan fingerprint density at radius 2 is 1.82 bits per heavy atom. The Balaban J connectivity index is 1.27. The molecule has 2 aliphatic heterocycles. The van der Waals surface area contributed by atoms with Gasteiger partial charge in [-0.05, 0) is 42.0 Å². The molecule has 7 nitrogen and oxygen atoms in total. The number of rotatable bonds is 6. The summed E-state index contributed by atoms with van der Waals surface area (Å²) in [6.45, 7) is 3.55. The van der Waals surface area contributed by atoms with Crippen molar-refractivity contribution >= 4 is 28.9 Å². The molecule has 0 bridgehead atoms. The van der Waals surface area contributed by atoms with Gasteiger partial charge in [0.1, 0.15) is 17.6 Å². The molecular weight excluding hydrogens is 452 g/mol. The Morgan fingerprint density at radius 3 is 2.53 bits per heavy atom. The first-order chi connectivity index (χ1) is 16.6. The van der Waals surface area contributed by atoms with Gasteiger partial charge >= 0.3 is 0 Å². The average Bonchev–Trinajstić information content (AvgIpc) is 3.55. The molecule has 1 fully saturated rings. The van der Waals surface area contributed by atoms with Crippen molar-refractivity contribution in [2.75, 3.05) is 44.7 Å². The molecule has 1 saturated heterocycles. The first-order valence-corrected chi connectivity index (χ1v) is 11.8. The van der Waals surface area contributed by atoms with Crippen molar-refractivity contribution in [1.82, 2.24) is 9.91 Å². The van der Waals surface area contributed by atoms with Gasteiger partial charge < -0.3 is 14.1 Å². The van der Waals surface area contributed by atoms with Crippen molar-refractivity contribution < 1.29 is 13.9 Å². The number of carbonyl (C=O) groups is 1. The van der Waals surface area contributed by atoms with E-state index >= 15 is 0 Å². The van der Waals surface area contributed by atoms with Gasteiger partial charge in [-0.1, -0.05) is 35.9 Å². The standard InChI is InChI=1S/C26H27ClN4O3/c1-33-24-6-3-2-5-22(24)30-14-12-29(13-15-30)18-26(32)31-23(25-7-4-16-34-25)17-21(28-31)19-8-10-20(27)11-9-19/h2-11,16,23H,12-15,17-18H2,1H3. The van der Waals surface area contributed by atoms with Gasteiger partial charge in [0.25, 0.3) is 5.91 Å². The molecule has 1 atom stereocenters. The van der Waals surface area contributed by atoms with Crippen molar-refractivity contribution in [3.05, 3.63) is 83.3 Å². The molecule has 2 aliphatic rings. The summed E-state index contributed by atoms with van der Waals surface area (Å²) in [7, 11) is 1.69. The van der Waals surface area contributed by atoms with E-state index in [-0.39, 0.29) is 11.9 Å². The molecule has 0 aliphatic carbocycles. The third-order valence-corrected chi connectivity index (χ3v) is 6.62. The smallest absolute Gasteiger partial charge is 0.257 e. The summed E-state index contributed by atoms with van der Waals surface area (Å²) in [6.07, 6.45) is 2.23. The summed E-state index contributed by atoms with van der Waals surface area (Å²) in [5.74, 6) is 1.58. The van der Waals surface area contributed by atoms with Crippen LogP contribution in [0.3, 0.4) is 0 Å². The number of carbonyl (C=O) groups excluding carboxylic acids is 1. The zero-order valence-corrected chi connectivity index (χ0v) is 19.8. The van der Waals surface area contributed by atoms with Gasteiger partial charge in [-0.2, -0.15) is 5.10 Å². The molecule has 1 aromatic heterocycles. The number of benzene rings is 2. The highest BCUT2D eigenvalue weighted by Gasteiger charge is 2.35. The van der Waals surface area contributed by atoms with Crippen LogP contribution < -0.4 is 9.64 Å². The van der Waals surface area contributed by atoms with Crippen LogP contribution in [-0.4, -0.2) is 61.4 Å². The minimum Gasteiger partial charge on any atom is -0.495 e. The van der Waals surface area contributed by atoms with Crippen LogP contribution in [-0.2, 0) is 4.79 Å². The third kappa shape index (κ3) is 4.67. The van der Waals surface area contributed by atoms with Crippen LogP contribution in [0.1, 0.15) is 23.8 Å². The molecule has 8 heteroatoms. The maximum Gasteiger partial charge on any atom is 0.257 e. The molecule has 1 unspecified atom stereocenters. The number of hydrogen-bond donors (Lipinski definition) is 0. The van der Waals surface area contributed by atoms with E-state index in [0.29, 0.717) is 18.0 Å². The number of methoxy groups -OCH3 is 1. The fourth-order valence-corrected chi connectivity index (χ4v) is 4.69. The van der Waals surface area contributed by atoms with Gasteiger partial charge in [-0.25, -0.2) is 5.01 Å². The molecule has 0 spiro atoms. The van der Waals surface area contributed by atoms with E-state index in [1.54, 1.807) is 18.4 Å². The number of ether oxygens (including phenoxy) is 1. The van der Waals surface area contributed by atoms with Gasteiger partial charge in [0, 0.05) is 37.6 Å². The molecule has 0 N–H and O–H groups in total. The second-order valence-corrected chi connectivity index (χ2v) is 8.90. The molecule has 2 aromatic carbocycles. The van der Waals surface area contributed by atoms with Gasteiger partial charge in [0.15, 0.2) is 0 Å². The highest BCUT2D eigenvalue weighted by Crippen LogP contribution is 2.34. The highest BCUT2D eigenvalue weighted by molar-refractivity contribution is 6.30. The number of amides is 1. The van der Waals surface area contributed by atoms with Crippen molar-refractivity contribution in [1.29, 1.82) is 0 Å². The molecule has 0 radical (unpaired) electrons. The largest absolute Gasteiger partial charge is 0.495 e. The number of anilines is 1. The van der Waals surface area contributed by atoms with E-state index in [0.717, 1.165) is 54.7 Å². The molecule has 5 rings (SSSR count). The van der Waals surface area contributed by atoms with E-state index in [2.05, 4.69) is 15.9 Å². The average molecular weight is 479 g/mol. The summed E-state index contributed by atoms with van der Waals surface area (Å²) < 4.78 is 11.2. The lowest BCUT2D eigenvalue weighted by molar-refractivity contribution is -0.134. The molecule has 1 amide bonds. The first kappa shape index (κ1) is 22.5. The summed E-state index contributed by atoms with van der Waals surface area (Å²) in [4.78, 5) is 17.9. The number of piperazine rings is 1. The van der Waals surface area contributed by atoms with Gasteiger partial charge in [-0.15, -0.1) is 0 Å². The SMILES string of the molecule is COc1ccccc1N1CCN(CC(=O)N2N=C(c3ccc(Cl)cc3)CC2c2ccco2)CC1. The Bertz CT molecular complexity index is 1160. The fourth-order valence-electron chi connectivity index (χ4n) is 4.56. The van der Waals surface area contributed by atoms with Crippen LogP contribution in [0.5, 0.6) is 5.75 Å². The zero-order valence-electron chi connectivity index (χ0n) is 19.1. The maximum absolute atomic E-state index is 13.4. The van der Waals surface area contributed by atoms with Crippen LogP contribution in [0.2, 0.25) is 5.02 Å². The quantitative estimate of drug-likeness (QED) is 0.524. The summed E-state index contributed by atoms with van der Waals surface area (Å²) in [6, 6.07) is 19.1. The number of hydrogen-bond acceptors (Lipinski definition) is 6. The second-order valence-electron chi connectivity index (χ2n) is 8.46. The van der Waals surface area contributed by atoms with Crippen molar-refractivity contribution in [3.8, 4) is 5.75 Å². The molecular formula is C26H27ClN4O3. The normalized spacial score (nSPS) is 18.8. The first-order valence-electron chi connectivity index (χ1n) is 11.4. The van der Waals surface area contributed by atoms with Gasteiger partial charge in [0.05, 0.1) is 31.3 Å². The monoisotopic (exact) mass is 478 g/mol. The fraction of sp³-hybridized carbons (Fsp3) is 0.308. The molecule has 0 saturated carbocycles. The Kier molecular flexibility index (Phi) is 6.56. The molecule has 34 heavy (non-hydrogen) atoms. The van der Waals surface area contributed by atoms with E-state index in [1.165, 1.54) is 0 Å². The number of hydrazone groups is 1. The van der Waals surface area contributed by atoms with Crippen molar-refractivity contribution in [3.63, 3.8) is 0 Å². The number of nitrogens with zero attached hydrogens (tertiary/aromatic N) is 4. The highest BCUT2D eigenvalue weighted by atomic mass is 35.5. The number of furan rings is 1. The molecule has 176 valence electrons. The van der Waals surface area contributed by atoms with Crippen LogP contribution in [0.15, 0.2) is 76.4 Å². The number of para-hydroxylation sites is 2. The topological polar surface area (TPSA) is 61.5 Å². The summed E-state index contributed by atoms with van der Waals surface area (Å²) in [5, 5.41) is 6.98. The Hall–Kier alpha value is -3.29. The van der Waals surface area contributed by atoms with Crippen molar-refractivity contribution in [2.45, 2.75) is 12.5 Å². The van der Waals surface area contributed by atoms with Crippen LogP contribution in [0.25, 0.3) is 0 Å². The maximum atomic E-state index is 13.4. The van der Waals surface area contributed by atoms with Crippen LogP contribution in [0, 0.1) is 0 Å². The summed E-state index contributed by atoms with van der Waals surface area (Å²) in [5.41, 5.74) is 2.90. The van der Waals surface area contributed by atoms with E-state index in [1.807, 2.05) is 54.6 Å². The predicted octanol–water partition coefficient (Wildman–Crippen LogP) is 4.44.